The number of carboxylic acids is 1. The Morgan fingerprint density at radius 3 is 2.76 bits per heavy atom. The highest BCUT2D eigenvalue weighted by Crippen LogP contribution is 2.08. The molecule has 0 amide bonds. The second-order valence-corrected chi connectivity index (χ2v) is 4.22. The van der Waals surface area contributed by atoms with Crippen LogP contribution in [0.2, 0.25) is 0 Å². The highest BCUT2D eigenvalue weighted by molar-refractivity contribution is 5.84. The van der Waals surface area contributed by atoms with E-state index in [9.17, 15) is 4.79 Å². The molecule has 0 spiro atoms. The van der Waals surface area contributed by atoms with Crippen molar-refractivity contribution in [2.75, 3.05) is 11.9 Å². The first-order valence-electron chi connectivity index (χ1n) is 6.19. The van der Waals surface area contributed by atoms with Gasteiger partial charge in [-0.1, -0.05) is 17.3 Å². The zero-order valence-corrected chi connectivity index (χ0v) is 10.8. The number of nitrogens with one attached hydrogen (secondary N) is 1. The molecule has 0 radical (unpaired) electrons. The number of nitrogens with zero attached hydrogens (tertiary/aromatic N) is 6. The van der Waals surface area contributed by atoms with Crippen LogP contribution in [0.1, 0.15) is 10.5 Å². The SMILES string of the molecule is O=C(O)c1cn(CCNc2nnc3ccccc3n2)nn1. The minimum atomic E-state index is -1.10. The predicted octanol–water partition coefficient (Wildman–Crippen LogP) is 0.427. The van der Waals surface area contributed by atoms with Crippen molar-refractivity contribution in [3.63, 3.8) is 0 Å². The van der Waals surface area contributed by atoms with E-state index in [0.29, 0.717) is 19.0 Å². The summed E-state index contributed by atoms with van der Waals surface area (Å²) >= 11 is 0. The molecule has 1 aromatic carbocycles. The molecular weight excluding hydrogens is 274 g/mol. The number of rotatable bonds is 5. The van der Waals surface area contributed by atoms with Gasteiger partial charge in [0.05, 0.1) is 18.3 Å². The number of benzene rings is 1. The molecule has 2 aromatic heterocycles. The van der Waals surface area contributed by atoms with Gasteiger partial charge in [0.1, 0.15) is 5.52 Å². The van der Waals surface area contributed by atoms with Crippen molar-refractivity contribution >= 4 is 23.0 Å². The fourth-order valence-electron chi connectivity index (χ4n) is 1.74. The highest BCUT2D eigenvalue weighted by atomic mass is 16.4. The van der Waals surface area contributed by atoms with Crippen LogP contribution in [0.5, 0.6) is 0 Å². The third-order valence-corrected chi connectivity index (χ3v) is 2.74. The molecule has 0 aliphatic heterocycles. The smallest absolute Gasteiger partial charge is 0.358 e. The molecule has 21 heavy (non-hydrogen) atoms. The van der Waals surface area contributed by atoms with Crippen molar-refractivity contribution in [1.29, 1.82) is 0 Å². The van der Waals surface area contributed by atoms with Crippen LogP contribution < -0.4 is 5.32 Å². The van der Waals surface area contributed by atoms with Gasteiger partial charge in [0.15, 0.2) is 5.69 Å². The van der Waals surface area contributed by atoms with E-state index in [2.05, 4.69) is 30.8 Å². The van der Waals surface area contributed by atoms with Crippen LogP contribution in [0.4, 0.5) is 5.95 Å². The average Bonchev–Trinajstić information content (AvgIpc) is 2.96. The predicted molar refractivity (Wildman–Crippen MR) is 72.8 cm³/mol. The van der Waals surface area contributed by atoms with Gasteiger partial charge in [-0.25, -0.2) is 14.5 Å². The molecule has 0 bridgehead atoms. The van der Waals surface area contributed by atoms with Gasteiger partial charge in [-0.2, -0.15) is 0 Å². The number of aromatic carboxylic acids is 1. The van der Waals surface area contributed by atoms with Crippen molar-refractivity contribution in [2.24, 2.45) is 0 Å². The van der Waals surface area contributed by atoms with Gasteiger partial charge < -0.3 is 10.4 Å². The van der Waals surface area contributed by atoms with Crippen LogP contribution in [0.3, 0.4) is 0 Å². The van der Waals surface area contributed by atoms with E-state index in [1.165, 1.54) is 10.9 Å². The minimum Gasteiger partial charge on any atom is -0.476 e. The minimum absolute atomic E-state index is 0.0846. The van der Waals surface area contributed by atoms with Gasteiger partial charge in [-0.3, -0.25) is 0 Å². The van der Waals surface area contributed by atoms with Gasteiger partial charge in [-0.15, -0.1) is 15.3 Å². The zero-order valence-electron chi connectivity index (χ0n) is 10.8. The topological polar surface area (TPSA) is 119 Å². The Morgan fingerprint density at radius 2 is 2.00 bits per heavy atom. The standard InChI is InChI=1S/C12H11N7O2/c20-11(21)10-7-19(18-16-10)6-5-13-12-14-8-3-1-2-4-9(8)15-17-12/h1-4,7H,5-6H2,(H,20,21)(H,13,14,17). The van der Waals surface area contributed by atoms with Crippen LogP contribution in [0.15, 0.2) is 30.5 Å². The number of carboxylic acid groups (broad SMARTS) is 1. The third kappa shape index (κ3) is 2.91. The lowest BCUT2D eigenvalue weighted by Crippen LogP contribution is -2.13. The first-order valence-corrected chi connectivity index (χ1v) is 6.19. The summed E-state index contributed by atoms with van der Waals surface area (Å²) in [4.78, 5) is 15.0. The summed E-state index contributed by atoms with van der Waals surface area (Å²) in [6.45, 7) is 0.916. The Hall–Kier alpha value is -3.10. The summed E-state index contributed by atoms with van der Waals surface area (Å²) in [5.74, 6) is -0.691. The first kappa shape index (κ1) is 12.9. The second-order valence-electron chi connectivity index (χ2n) is 4.22. The molecule has 9 nitrogen and oxygen atoms in total. The van der Waals surface area contributed by atoms with Crippen LogP contribution in [0.25, 0.3) is 11.0 Å². The summed E-state index contributed by atoms with van der Waals surface area (Å²) < 4.78 is 1.44. The molecular formula is C12H11N7O2. The van der Waals surface area contributed by atoms with E-state index in [4.69, 9.17) is 5.11 Å². The number of hydrogen-bond acceptors (Lipinski definition) is 7. The molecule has 0 unspecified atom stereocenters. The van der Waals surface area contributed by atoms with E-state index in [1.54, 1.807) is 0 Å². The van der Waals surface area contributed by atoms with Crippen molar-refractivity contribution in [3.05, 3.63) is 36.2 Å². The number of para-hydroxylation sites is 1. The van der Waals surface area contributed by atoms with Crippen LogP contribution in [-0.4, -0.2) is 47.8 Å². The molecule has 0 atom stereocenters. The second kappa shape index (κ2) is 5.49. The van der Waals surface area contributed by atoms with E-state index in [-0.39, 0.29) is 5.69 Å². The summed E-state index contributed by atoms with van der Waals surface area (Å²) in [5.41, 5.74) is 1.40. The van der Waals surface area contributed by atoms with E-state index in [0.717, 1.165) is 11.0 Å². The molecule has 2 heterocycles. The Balaban J connectivity index is 1.62. The summed E-state index contributed by atoms with van der Waals surface area (Å²) in [5, 5.41) is 27.0. The Bertz CT molecular complexity index is 786. The van der Waals surface area contributed by atoms with Crippen molar-refractivity contribution in [2.45, 2.75) is 6.54 Å². The first-order chi connectivity index (χ1) is 10.2. The molecule has 9 heteroatoms. The van der Waals surface area contributed by atoms with Gasteiger partial charge in [0.2, 0.25) is 5.95 Å². The molecule has 106 valence electrons. The number of aromatic nitrogens is 6. The molecule has 2 N–H and O–H groups in total. The number of anilines is 1. The van der Waals surface area contributed by atoms with E-state index >= 15 is 0 Å². The van der Waals surface area contributed by atoms with Crippen LogP contribution in [0, 0.1) is 0 Å². The molecule has 0 saturated heterocycles. The Labute approximate surface area is 118 Å². The number of carbonyl (C=O) groups is 1. The molecule has 0 fully saturated rings. The molecule has 3 aromatic rings. The lowest BCUT2D eigenvalue weighted by molar-refractivity contribution is 0.0690. The third-order valence-electron chi connectivity index (χ3n) is 2.74. The number of fused-ring (bicyclic) bond motifs is 1. The fraction of sp³-hybridized carbons (Fsp3) is 0.167. The van der Waals surface area contributed by atoms with Gasteiger partial charge in [0, 0.05) is 6.54 Å². The Kier molecular flexibility index (Phi) is 3.37. The van der Waals surface area contributed by atoms with Gasteiger partial charge >= 0.3 is 5.97 Å². The maximum Gasteiger partial charge on any atom is 0.358 e. The van der Waals surface area contributed by atoms with Gasteiger partial charge in [0.25, 0.3) is 0 Å². The fourth-order valence-corrected chi connectivity index (χ4v) is 1.74. The quantitative estimate of drug-likeness (QED) is 0.692. The van der Waals surface area contributed by atoms with Crippen molar-refractivity contribution in [3.8, 4) is 0 Å². The van der Waals surface area contributed by atoms with E-state index < -0.39 is 5.97 Å². The maximum absolute atomic E-state index is 10.7. The maximum atomic E-state index is 10.7. The largest absolute Gasteiger partial charge is 0.476 e. The lowest BCUT2D eigenvalue weighted by Gasteiger charge is -2.04. The number of hydrogen-bond donors (Lipinski definition) is 2. The monoisotopic (exact) mass is 285 g/mol. The average molecular weight is 285 g/mol. The van der Waals surface area contributed by atoms with Crippen LogP contribution >= 0.6 is 0 Å². The van der Waals surface area contributed by atoms with Crippen LogP contribution in [-0.2, 0) is 6.54 Å². The summed E-state index contributed by atoms with van der Waals surface area (Å²) in [7, 11) is 0. The lowest BCUT2D eigenvalue weighted by atomic mass is 10.3. The van der Waals surface area contributed by atoms with Crippen molar-refractivity contribution in [1.82, 2.24) is 30.2 Å². The van der Waals surface area contributed by atoms with Gasteiger partial charge in [-0.05, 0) is 12.1 Å². The molecule has 0 saturated carbocycles. The molecule has 0 aliphatic carbocycles. The van der Waals surface area contributed by atoms with Crippen molar-refractivity contribution < 1.29 is 9.90 Å². The highest BCUT2D eigenvalue weighted by Gasteiger charge is 2.07. The molecule has 0 aliphatic rings. The normalized spacial score (nSPS) is 10.7. The zero-order chi connectivity index (χ0) is 14.7. The molecule has 3 rings (SSSR count). The summed E-state index contributed by atoms with van der Waals surface area (Å²) in [6.07, 6.45) is 1.36. The van der Waals surface area contributed by atoms with E-state index in [1.807, 2.05) is 24.3 Å². The summed E-state index contributed by atoms with van der Waals surface area (Å²) in [6, 6.07) is 7.44. The Morgan fingerprint density at radius 1 is 1.19 bits per heavy atom.